The minimum absolute atomic E-state index is 0.336. The van der Waals surface area contributed by atoms with E-state index >= 15 is 0 Å². The molecule has 27 heavy (non-hydrogen) atoms. The molecule has 0 saturated carbocycles. The van der Waals surface area contributed by atoms with E-state index in [-0.39, 0.29) is 17.6 Å². The van der Waals surface area contributed by atoms with E-state index in [1.54, 1.807) is 0 Å². The van der Waals surface area contributed by atoms with Gasteiger partial charge in [-0.1, -0.05) is 0 Å². The zero-order valence-electron chi connectivity index (χ0n) is 14.9. The first-order valence-electron chi connectivity index (χ1n) is 9.29. The van der Waals surface area contributed by atoms with E-state index in [0.29, 0.717) is 0 Å². The SMILES string of the molecule is c1ccc2c(c1)[N-]CN1CCN3[C]1=[Pt]=[C]1N(CCN12)C[N-]c1ccccc13. The van der Waals surface area contributed by atoms with Gasteiger partial charge >= 0.3 is 167 Å². The molecule has 0 aromatic heterocycles. The van der Waals surface area contributed by atoms with Gasteiger partial charge in [0.15, 0.2) is 0 Å². The molecule has 0 aliphatic carbocycles. The predicted octanol–water partition coefficient (Wildman–Crippen LogP) is 2.84. The van der Waals surface area contributed by atoms with E-state index in [1.165, 1.54) is 19.7 Å². The van der Waals surface area contributed by atoms with Gasteiger partial charge in [-0.25, -0.2) is 0 Å². The van der Waals surface area contributed by atoms with Crippen molar-refractivity contribution in [2.24, 2.45) is 0 Å². The maximum atomic E-state index is 5.00. The Morgan fingerprint density at radius 2 is 1.11 bits per heavy atom. The monoisotopic (exact) mass is 539 g/mol. The van der Waals surface area contributed by atoms with Gasteiger partial charge in [0.05, 0.1) is 0 Å². The van der Waals surface area contributed by atoms with Gasteiger partial charge in [0.25, 0.3) is 0 Å². The summed E-state index contributed by atoms with van der Waals surface area (Å²) in [7, 11) is 0. The molecule has 2 fully saturated rings. The fraction of sp³-hybridized carbons (Fsp3) is 0.300. The maximum absolute atomic E-state index is 5.00. The van der Waals surface area contributed by atoms with Crippen molar-refractivity contribution in [2.45, 2.75) is 0 Å². The summed E-state index contributed by atoms with van der Waals surface area (Å²) in [6.07, 6.45) is 0. The van der Waals surface area contributed by atoms with Crippen LogP contribution in [0.1, 0.15) is 0 Å². The van der Waals surface area contributed by atoms with Gasteiger partial charge < -0.3 is 0 Å². The van der Waals surface area contributed by atoms with Crippen molar-refractivity contribution in [1.82, 2.24) is 9.80 Å². The van der Waals surface area contributed by atoms with Gasteiger partial charge in [-0.3, -0.25) is 0 Å². The molecule has 6 nitrogen and oxygen atoms in total. The quantitative estimate of drug-likeness (QED) is 0.517. The topological polar surface area (TPSA) is 41.2 Å². The third-order valence-electron chi connectivity index (χ3n) is 5.39. The van der Waals surface area contributed by atoms with Crippen LogP contribution in [0, 0.1) is 0 Å². The van der Waals surface area contributed by atoms with Crippen molar-refractivity contribution >= 4 is 31.0 Å². The number of anilines is 2. The van der Waals surface area contributed by atoms with Crippen molar-refractivity contribution in [2.75, 3.05) is 49.3 Å². The van der Waals surface area contributed by atoms with Gasteiger partial charge in [-0.2, -0.15) is 0 Å². The number of hydrogen-bond donors (Lipinski definition) is 0. The number of rotatable bonds is 0. The molecule has 142 valence electrons. The Labute approximate surface area is 166 Å². The van der Waals surface area contributed by atoms with Crippen LogP contribution in [-0.4, -0.2) is 57.6 Å². The van der Waals surface area contributed by atoms with Crippen LogP contribution in [0.2, 0.25) is 0 Å². The molecular formula is C20H20N6Pt-2. The van der Waals surface area contributed by atoms with E-state index in [0.717, 1.165) is 50.9 Å². The number of nitrogens with zero attached hydrogens (tertiary/aromatic N) is 6. The number of benzene rings is 2. The molecule has 0 unspecified atom stereocenters. The Hall–Kier alpha value is -2.01. The van der Waals surface area contributed by atoms with Gasteiger partial charge in [0.2, 0.25) is 0 Å². The summed E-state index contributed by atoms with van der Waals surface area (Å²) >= 11 is -0.336. The second-order valence-corrected chi connectivity index (χ2v) is 9.57. The number of hydrogen-bond acceptors (Lipinski definition) is 4. The molecule has 2 bridgehead atoms. The van der Waals surface area contributed by atoms with E-state index in [9.17, 15) is 0 Å². The van der Waals surface area contributed by atoms with E-state index < -0.39 is 0 Å². The molecule has 0 N–H and O–H groups in total. The normalized spacial score (nSPS) is 22.1. The van der Waals surface area contributed by atoms with Gasteiger partial charge in [-0.15, -0.1) is 0 Å². The van der Waals surface area contributed by atoms with E-state index in [2.05, 4.69) is 68.1 Å². The fourth-order valence-corrected chi connectivity index (χ4v) is 7.69. The van der Waals surface area contributed by atoms with Crippen LogP contribution >= 0.6 is 0 Å². The molecule has 0 radical (unpaired) electrons. The van der Waals surface area contributed by atoms with Crippen LogP contribution in [0.25, 0.3) is 10.6 Å². The van der Waals surface area contributed by atoms with Crippen LogP contribution < -0.4 is 9.80 Å². The first-order chi connectivity index (χ1) is 13.4. The first kappa shape index (κ1) is 16.0. The summed E-state index contributed by atoms with van der Waals surface area (Å²) in [5.74, 6) is 0. The molecule has 6 rings (SSSR count). The van der Waals surface area contributed by atoms with Crippen LogP contribution in [0.3, 0.4) is 0 Å². The Kier molecular flexibility index (Phi) is 3.71. The van der Waals surface area contributed by atoms with Gasteiger partial charge in [0, 0.05) is 0 Å². The van der Waals surface area contributed by atoms with Crippen LogP contribution in [0.15, 0.2) is 48.5 Å². The zero-order valence-corrected chi connectivity index (χ0v) is 17.1. The molecule has 2 saturated heterocycles. The third kappa shape index (κ3) is 2.51. The molecule has 2 aromatic carbocycles. The third-order valence-corrected chi connectivity index (χ3v) is 9.07. The van der Waals surface area contributed by atoms with Crippen molar-refractivity contribution in [3.05, 3.63) is 59.2 Å². The fourth-order valence-electron chi connectivity index (χ4n) is 4.02. The van der Waals surface area contributed by atoms with Crippen LogP contribution in [-0.2, 0) is 17.6 Å². The minimum atomic E-state index is -0.336. The Balaban J connectivity index is 1.59. The van der Waals surface area contributed by atoms with E-state index in [1.807, 2.05) is 0 Å². The second-order valence-electron chi connectivity index (χ2n) is 6.97. The number of fused-ring (bicyclic) bond motifs is 4. The summed E-state index contributed by atoms with van der Waals surface area (Å²) in [6, 6.07) is 17.2. The summed E-state index contributed by atoms with van der Waals surface area (Å²) in [5.41, 5.74) is 4.71. The molecule has 4 heterocycles. The summed E-state index contributed by atoms with van der Waals surface area (Å²) in [4.78, 5) is 9.98. The average Bonchev–Trinajstić information content (AvgIpc) is 3.30. The van der Waals surface area contributed by atoms with Crippen molar-refractivity contribution < 1.29 is 17.6 Å². The van der Waals surface area contributed by atoms with Crippen LogP contribution in [0.4, 0.5) is 22.7 Å². The molecule has 0 spiro atoms. The van der Waals surface area contributed by atoms with E-state index in [4.69, 9.17) is 10.6 Å². The van der Waals surface area contributed by atoms with Crippen molar-refractivity contribution in [3.8, 4) is 0 Å². The summed E-state index contributed by atoms with van der Waals surface area (Å²) < 4.78 is 2.92. The Bertz CT molecular complexity index is 906. The molecule has 2 aromatic rings. The average molecular weight is 540 g/mol. The van der Waals surface area contributed by atoms with Crippen molar-refractivity contribution in [1.29, 1.82) is 0 Å². The molecule has 7 heteroatoms. The van der Waals surface area contributed by atoms with Gasteiger partial charge in [0.1, 0.15) is 0 Å². The Morgan fingerprint density at radius 3 is 1.63 bits per heavy atom. The zero-order chi connectivity index (χ0) is 17.8. The summed E-state index contributed by atoms with van der Waals surface area (Å²) in [5, 5.41) is 10.0. The first-order valence-corrected chi connectivity index (χ1v) is 11.6. The number of para-hydroxylation sites is 4. The Morgan fingerprint density at radius 1 is 0.630 bits per heavy atom. The predicted molar refractivity (Wildman–Crippen MR) is 107 cm³/mol. The van der Waals surface area contributed by atoms with Crippen molar-refractivity contribution in [3.63, 3.8) is 0 Å². The summed E-state index contributed by atoms with van der Waals surface area (Å²) in [6.45, 7) is 5.58. The molecular weight excluding hydrogens is 519 g/mol. The van der Waals surface area contributed by atoms with Gasteiger partial charge in [-0.05, 0) is 0 Å². The molecule has 4 aliphatic heterocycles. The standard InChI is InChI=1S/C20H20N6.Pt/c1-3-7-19-17(5-1)21-13-23-10-12-26(16-23)20-8-4-2-6-18(20)22-14-24-9-11-25(19)15-24;/h1-8H,9-14H2;/q-2;. The molecule has 0 atom stereocenters. The molecule has 4 aliphatic rings. The second kappa shape index (κ2) is 6.26. The molecule has 0 amide bonds. The van der Waals surface area contributed by atoms with Crippen LogP contribution in [0.5, 0.6) is 0 Å².